The second-order valence-corrected chi connectivity index (χ2v) is 4.45. The molecule has 0 radical (unpaired) electrons. The standard InChI is InChI=1S/C8H10ClNO2S/c1-5(8(11)12)10-4-6-2-3-7(9)13-6/h2-3,5,10H,4H2,1H3,(H,11,12)/t5-/m1/s1. The Hall–Kier alpha value is -0.580. The predicted molar refractivity (Wildman–Crippen MR) is 53.3 cm³/mol. The average molecular weight is 220 g/mol. The summed E-state index contributed by atoms with van der Waals surface area (Å²) in [4.78, 5) is 11.5. The Bertz CT molecular complexity index is 300. The second-order valence-electron chi connectivity index (χ2n) is 2.65. The van der Waals surface area contributed by atoms with Gasteiger partial charge in [-0.05, 0) is 19.1 Å². The van der Waals surface area contributed by atoms with Crippen LogP contribution < -0.4 is 5.32 Å². The van der Waals surface area contributed by atoms with Crippen molar-refractivity contribution in [2.24, 2.45) is 0 Å². The molecule has 0 saturated heterocycles. The highest BCUT2D eigenvalue weighted by molar-refractivity contribution is 7.16. The normalized spacial score (nSPS) is 12.8. The van der Waals surface area contributed by atoms with Crippen LogP contribution in [0.25, 0.3) is 0 Å². The maximum atomic E-state index is 10.4. The van der Waals surface area contributed by atoms with Crippen molar-refractivity contribution in [2.45, 2.75) is 19.5 Å². The molecule has 1 rings (SSSR count). The van der Waals surface area contributed by atoms with Crippen LogP contribution in [0.1, 0.15) is 11.8 Å². The van der Waals surface area contributed by atoms with Gasteiger partial charge in [0.05, 0.1) is 4.34 Å². The van der Waals surface area contributed by atoms with Crippen molar-refractivity contribution >= 4 is 28.9 Å². The highest BCUT2D eigenvalue weighted by Crippen LogP contribution is 2.20. The van der Waals surface area contributed by atoms with E-state index in [4.69, 9.17) is 16.7 Å². The second kappa shape index (κ2) is 4.60. The molecule has 72 valence electrons. The molecule has 1 aromatic heterocycles. The molecule has 1 atom stereocenters. The van der Waals surface area contributed by atoms with Gasteiger partial charge in [0.2, 0.25) is 0 Å². The van der Waals surface area contributed by atoms with Gasteiger partial charge >= 0.3 is 5.97 Å². The highest BCUT2D eigenvalue weighted by atomic mass is 35.5. The van der Waals surface area contributed by atoms with Gasteiger partial charge in [-0.1, -0.05) is 11.6 Å². The number of nitrogens with one attached hydrogen (secondary N) is 1. The summed E-state index contributed by atoms with van der Waals surface area (Å²) in [5.74, 6) is -0.845. The number of carbonyl (C=O) groups is 1. The minimum atomic E-state index is -0.845. The lowest BCUT2D eigenvalue weighted by Gasteiger charge is -2.06. The molecule has 2 N–H and O–H groups in total. The van der Waals surface area contributed by atoms with E-state index in [2.05, 4.69) is 5.32 Å². The summed E-state index contributed by atoms with van der Waals surface area (Å²) >= 11 is 7.16. The Labute approximate surface area is 85.3 Å². The average Bonchev–Trinajstić information content (AvgIpc) is 2.47. The number of rotatable bonds is 4. The van der Waals surface area contributed by atoms with E-state index in [0.717, 1.165) is 9.21 Å². The maximum absolute atomic E-state index is 10.4. The van der Waals surface area contributed by atoms with Gasteiger partial charge in [-0.3, -0.25) is 10.1 Å². The maximum Gasteiger partial charge on any atom is 0.320 e. The Kier molecular flexibility index (Phi) is 3.71. The number of carboxylic acid groups (broad SMARTS) is 1. The van der Waals surface area contributed by atoms with Crippen molar-refractivity contribution in [3.05, 3.63) is 21.3 Å². The molecule has 3 nitrogen and oxygen atoms in total. The largest absolute Gasteiger partial charge is 0.480 e. The lowest BCUT2D eigenvalue weighted by molar-refractivity contribution is -0.139. The van der Waals surface area contributed by atoms with Crippen molar-refractivity contribution in [2.75, 3.05) is 0 Å². The molecule has 1 heterocycles. The van der Waals surface area contributed by atoms with Crippen molar-refractivity contribution in [1.82, 2.24) is 5.32 Å². The zero-order chi connectivity index (χ0) is 9.84. The van der Waals surface area contributed by atoms with Gasteiger partial charge in [0.25, 0.3) is 0 Å². The van der Waals surface area contributed by atoms with Crippen LogP contribution in [-0.4, -0.2) is 17.1 Å². The molecule has 1 aromatic rings. The first-order valence-corrected chi connectivity index (χ1v) is 4.99. The Morgan fingerprint density at radius 1 is 1.77 bits per heavy atom. The summed E-state index contributed by atoms with van der Waals surface area (Å²) < 4.78 is 0.722. The number of carboxylic acids is 1. The van der Waals surface area contributed by atoms with E-state index in [1.54, 1.807) is 13.0 Å². The molecule has 0 aliphatic carbocycles. The zero-order valence-electron chi connectivity index (χ0n) is 7.08. The van der Waals surface area contributed by atoms with E-state index < -0.39 is 12.0 Å². The van der Waals surface area contributed by atoms with Gasteiger partial charge in [0.15, 0.2) is 0 Å². The van der Waals surface area contributed by atoms with Gasteiger partial charge in [0, 0.05) is 11.4 Å². The predicted octanol–water partition coefficient (Wildman–Crippen LogP) is 1.96. The molecule has 0 aromatic carbocycles. The van der Waals surface area contributed by atoms with Crippen LogP contribution in [0.4, 0.5) is 0 Å². The van der Waals surface area contributed by atoms with Crippen LogP contribution in [0, 0.1) is 0 Å². The third-order valence-corrected chi connectivity index (χ3v) is 2.81. The minimum Gasteiger partial charge on any atom is -0.480 e. The van der Waals surface area contributed by atoms with Crippen LogP contribution in [0.15, 0.2) is 12.1 Å². The summed E-state index contributed by atoms with van der Waals surface area (Å²) in [6.45, 7) is 2.16. The molecular weight excluding hydrogens is 210 g/mol. The third kappa shape index (κ3) is 3.34. The van der Waals surface area contributed by atoms with Crippen LogP contribution >= 0.6 is 22.9 Å². The fraction of sp³-hybridized carbons (Fsp3) is 0.375. The minimum absolute atomic E-state index is 0.527. The van der Waals surface area contributed by atoms with Gasteiger partial charge in [0.1, 0.15) is 6.04 Å². The van der Waals surface area contributed by atoms with E-state index in [-0.39, 0.29) is 0 Å². The molecule has 0 aliphatic heterocycles. The van der Waals surface area contributed by atoms with E-state index in [9.17, 15) is 4.79 Å². The summed E-state index contributed by atoms with van der Waals surface area (Å²) in [5.41, 5.74) is 0. The molecule has 0 amide bonds. The molecule has 0 unspecified atom stereocenters. The van der Waals surface area contributed by atoms with Crippen LogP contribution in [0.5, 0.6) is 0 Å². The van der Waals surface area contributed by atoms with Gasteiger partial charge in [-0.2, -0.15) is 0 Å². The zero-order valence-corrected chi connectivity index (χ0v) is 8.65. The summed E-state index contributed by atoms with van der Waals surface area (Å²) in [6, 6.07) is 3.16. The highest BCUT2D eigenvalue weighted by Gasteiger charge is 2.09. The first-order valence-electron chi connectivity index (χ1n) is 3.80. The summed E-state index contributed by atoms with van der Waals surface area (Å²) in [5, 5.41) is 11.4. The molecule has 13 heavy (non-hydrogen) atoms. The number of hydrogen-bond donors (Lipinski definition) is 2. The summed E-state index contributed by atoms with van der Waals surface area (Å²) in [6.07, 6.45) is 0. The first kappa shape index (κ1) is 10.5. The van der Waals surface area contributed by atoms with E-state index in [1.165, 1.54) is 11.3 Å². The Morgan fingerprint density at radius 3 is 2.92 bits per heavy atom. The fourth-order valence-corrected chi connectivity index (χ4v) is 1.83. The van der Waals surface area contributed by atoms with Crippen molar-refractivity contribution in [3.63, 3.8) is 0 Å². The quantitative estimate of drug-likeness (QED) is 0.814. The van der Waals surface area contributed by atoms with Crippen molar-refractivity contribution < 1.29 is 9.90 Å². The number of hydrogen-bond acceptors (Lipinski definition) is 3. The van der Waals surface area contributed by atoms with Gasteiger partial charge in [-0.25, -0.2) is 0 Å². The number of halogens is 1. The number of thiophene rings is 1. The van der Waals surface area contributed by atoms with Gasteiger partial charge in [-0.15, -0.1) is 11.3 Å². The van der Waals surface area contributed by atoms with Crippen molar-refractivity contribution in [3.8, 4) is 0 Å². The molecule has 5 heteroatoms. The van der Waals surface area contributed by atoms with Crippen molar-refractivity contribution in [1.29, 1.82) is 0 Å². The van der Waals surface area contributed by atoms with Crippen LogP contribution in [0.3, 0.4) is 0 Å². The van der Waals surface area contributed by atoms with E-state index in [1.807, 2.05) is 6.07 Å². The molecule has 0 saturated carbocycles. The topological polar surface area (TPSA) is 49.3 Å². The third-order valence-electron chi connectivity index (χ3n) is 1.58. The van der Waals surface area contributed by atoms with Crippen LogP contribution in [0.2, 0.25) is 4.34 Å². The SMILES string of the molecule is C[C@@H](NCc1ccc(Cl)s1)C(=O)O. The monoisotopic (exact) mass is 219 g/mol. The molecule has 0 aliphatic rings. The fourth-order valence-electron chi connectivity index (χ4n) is 0.788. The lowest BCUT2D eigenvalue weighted by atomic mass is 10.3. The smallest absolute Gasteiger partial charge is 0.320 e. The lowest BCUT2D eigenvalue weighted by Crippen LogP contribution is -2.32. The van der Waals surface area contributed by atoms with Crippen LogP contribution in [-0.2, 0) is 11.3 Å². The number of aliphatic carboxylic acids is 1. The first-order chi connectivity index (χ1) is 6.09. The van der Waals surface area contributed by atoms with E-state index >= 15 is 0 Å². The van der Waals surface area contributed by atoms with Gasteiger partial charge < -0.3 is 5.11 Å². The molecule has 0 spiro atoms. The molecule has 0 fully saturated rings. The Balaban J connectivity index is 2.39. The summed E-state index contributed by atoms with van der Waals surface area (Å²) in [7, 11) is 0. The van der Waals surface area contributed by atoms with E-state index in [0.29, 0.717) is 6.54 Å². The molecular formula is C8H10ClNO2S. The Morgan fingerprint density at radius 2 is 2.46 bits per heavy atom. The molecule has 0 bridgehead atoms.